The number of morpholine rings is 1. The van der Waals surface area contributed by atoms with Crippen LogP contribution in [0.3, 0.4) is 0 Å². The molecule has 4 rings (SSSR count). The fraction of sp³-hybridized carbons (Fsp3) is 0.579. The topological polar surface area (TPSA) is 79.8 Å². The summed E-state index contributed by atoms with van der Waals surface area (Å²) in [5.41, 5.74) is 0.762. The van der Waals surface area contributed by atoms with E-state index in [0.29, 0.717) is 18.0 Å². The molecular formula is C19H25N3O4S2. The SMILES string of the molecule is CN(C)C(=O)c1sc2ncccc2c1[C@@H]1CN(S(=O)(=O)C2CCCC2)CCO1. The molecule has 3 heterocycles. The maximum absolute atomic E-state index is 13.1. The van der Waals surface area contributed by atoms with Crippen molar-refractivity contribution in [1.82, 2.24) is 14.2 Å². The average molecular weight is 424 g/mol. The first-order valence-corrected chi connectivity index (χ1v) is 11.9. The summed E-state index contributed by atoms with van der Waals surface area (Å²) in [6.07, 6.45) is 4.65. The lowest BCUT2D eigenvalue weighted by atomic mass is 10.0. The number of nitrogens with zero attached hydrogens (tertiary/aromatic N) is 3. The van der Waals surface area contributed by atoms with E-state index in [4.69, 9.17) is 4.74 Å². The van der Waals surface area contributed by atoms with Gasteiger partial charge in [0, 0.05) is 44.3 Å². The number of carbonyl (C=O) groups is 1. The Kier molecular flexibility index (Phi) is 5.43. The van der Waals surface area contributed by atoms with E-state index < -0.39 is 16.1 Å². The van der Waals surface area contributed by atoms with Gasteiger partial charge in [-0.05, 0) is 18.9 Å². The molecule has 2 fully saturated rings. The Morgan fingerprint density at radius 1 is 1.32 bits per heavy atom. The average Bonchev–Trinajstić information content (AvgIpc) is 3.35. The lowest BCUT2D eigenvalue weighted by Crippen LogP contribution is -2.46. The number of fused-ring (bicyclic) bond motifs is 1. The Balaban J connectivity index is 1.71. The predicted octanol–water partition coefficient (Wildman–Crippen LogP) is 2.64. The fourth-order valence-electron chi connectivity index (χ4n) is 4.06. The van der Waals surface area contributed by atoms with Crippen LogP contribution in [0.25, 0.3) is 10.2 Å². The van der Waals surface area contributed by atoms with Crippen LogP contribution in [-0.4, -0.2) is 67.6 Å². The maximum atomic E-state index is 13.1. The van der Waals surface area contributed by atoms with Gasteiger partial charge < -0.3 is 9.64 Å². The lowest BCUT2D eigenvalue weighted by molar-refractivity contribution is -0.00230. The highest BCUT2D eigenvalue weighted by Gasteiger charge is 2.39. The molecule has 1 aliphatic heterocycles. The van der Waals surface area contributed by atoms with E-state index in [1.165, 1.54) is 16.2 Å². The monoisotopic (exact) mass is 423 g/mol. The zero-order valence-electron chi connectivity index (χ0n) is 16.1. The van der Waals surface area contributed by atoms with Gasteiger partial charge in [0.2, 0.25) is 10.0 Å². The molecule has 2 aromatic rings. The molecule has 0 bridgehead atoms. The molecule has 1 amide bonds. The predicted molar refractivity (Wildman–Crippen MR) is 109 cm³/mol. The van der Waals surface area contributed by atoms with E-state index in [0.717, 1.165) is 41.5 Å². The van der Waals surface area contributed by atoms with E-state index in [-0.39, 0.29) is 17.7 Å². The molecule has 0 aromatic carbocycles. The van der Waals surface area contributed by atoms with Gasteiger partial charge in [-0.1, -0.05) is 18.9 Å². The smallest absolute Gasteiger partial charge is 0.263 e. The second-order valence-electron chi connectivity index (χ2n) is 7.57. The molecule has 9 heteroatoms. The number of rotatable bonds is 4. The second kappa shape index (κ2) is 7.70. The fourth-order valence-corrected chi connectivity index (χ4v) is 7.30. The number of hydrogen-bond donors (Lipinski definition) is 0. The Bertz CT molecular complexity index is 980. The Labute approximate surface area is 169 Å². The van der Waals surface area contributed by atoms with Crippen LogP contribution in [0.2, 0.25) is 0 Å². The molecular weight excluding hydrogens is 398 g/mol. The number of carbonyl (C=O) groups excluding carboxylic acids is 1. The minimum Gasteiger partial charge on any atom is -0.371 e. The minimum absolute atomic E-state index is 0.114. The zero-order valence-corrected chi connectivity index (χ0v) is 17.8. The zero-order chi connectivity index (χ0) is 19.9. The summed E-state index contributed by atoms with van der Waals surface area (Å²) in [5, 5.41) is 0.581. The van der Waals surface area contributed by atoms with Gasteiger partial charge in [0.25, 0.3) is 5.91 Å². The van der Waals surface area contributed by atoms with Crippen molar-refractivity contribution in [2.75, 3.05) is 33.8 Å². The Morgan fingerprint density at radius 2 is 2.07 bits per heavy atom. The third-order valence-electron chi connectivity index (χ3n) is 5.54. The van der Waals surface area contributed by atoms with Gasteiger partial charge in [0.05, 0.1) is 18.0 Å². The van der Waals surface area contributed by atoms with Gasteiger partial charge in [-0.3, -0.25) is 4.79 Å². The van der Waals surface area contributed by atoms with Crippen molar-refractivity contribution >= 4 is 37.5 Å². The lowest BCUT2D eigenvalue weighted by Gasteiger charge is -2.34. The van der Waals surface area contributed by atoms with Gasteiger partial charge in [0.1, 0.15) is 9.71 Å². The van der Waals surface area contributed by atoms with E-state index in [1.54, 1.807) is 24.6 Å². The van der Waals surface area contributed by atoms with E-state index in [2.05, 4.69) is 4.98 Å². The minimum atomic E-state index is -3.34. The molecule has 0 radical (unpaired) electrons. The third kappa shape index (κ3) is 3.45. The van der Waals surface area contributed by atoms with Crippen LogP contribution in [0.4, 0.5) is 0 Å². The number of aromatic nitrogens is 1. The summed E-state index contributed by atoms with van der Waals surface area (Å²) in [6, 6.07) is 3.76. The number of pyridine rings is 1. The van der Waals surface area contributed by atoms with Crippen molar-refractivity contribution in [3.8, 4) is 0 Å². The first kappa shape index (κ1) is 19.8. The molecule has 1 aliphatic carbocycles. The Morgan fingerprint density at radius 3 is 2.79 bits per heavy atom. The van der Waals surface area contributed by atoms with E-state index in [1.807, 2.05) is 12.1 Å². The summed E-state index contributed by atoms with van der Waals surface area (Å²) >= 11 is 1.34. The summed E-state index contributed by atoms with van der Waals surface area (Å²) < 4.78 is 33.7. The molecule has 2 aliphatic rings. The summed E-state index contributed by atoms with van der Waals surface area (Å²) in [5.74, 6) is -0.114. The maximum Gasteiger partial charge on any atom is 0.263 e. The van der Waals surface area contributed by atoms with Gasteiger partial charge in [0.15, 0.2) is 0 Å². The molecule has 1 saturated heterocycles. The normalized spacial score (nSPS) is 22.0. The molecule has 7 nitrogen and oxygen atoms in total. The van der Waals surface area contributed by atoms with Gasteiger partial charge in [-0.15, -0.1) is 11.3 Å². The van der Waals surface area contributed by atoms with Crippen molar-refractivity contribution in [2.24, 2.45) is 0 Å². The van der Waals surface area contributed by atoms with Crippen LogP contribution in [0.5, 0.6) is 0 Å². The molecule has 2 aromatic heterocycles. The van der Waals surface area contributed by atoms with Crippen LogP contribution < -0.4 is 0 Å². The van der Waals surface area contributed by atoms with Crippen LogP contribution in [0.1, 0.15) is 47.0 Å². The second-order valence-corrected chi connectivity index (χ2v) is 10.8. The van der Waals surface area contributed by atoms with Crippen molar-refractivity contribution in [3.63, 3.8) is 0 Å². The molecule has 1 atom stereocenters. The Hall–Kier alpha value is -1.55. The van der Waals surface area contributed by atoms with E-state index >= 15 is 0 Å². The standard InChI is InChI=1S/C19H25N3O4S2/c1-21(2)19(23)17-16(14-8-5-9-20-18(14)27-17)15-12-22(10-11-26-15)28(24,25)13-6-3-4-7-13/h5,8-9,13,15H,3-4,6-7,10-12H2,1-2H3/t15-/m0/s1. The quantitative estimate of drug-likeness (QED) is 0.755. The number of thiophene rings is 1. The highest BCUT2D eigenvalue weighted by atomic mass is 32.2. The van der Waals surface area contributed by atoms with Gasteiger partial charge in [-0.2, -0.15) is 4.31 Å². The molecule has 0 N–H and O–H groups in total. The third-order valence-corrected chi connectivity index (χ3v) is 9.02. The summed E-state index contributed by atoms with van der Waals surface area (Å²) in [7, 11) is 0.0790. The largest absolute Gasteiger partial charge is 0.371 e. The van der Waals surface area contributed by atoms with E-state index in [9.17, 15) is 13.2 Å². The highest BCUT2D eigenvalue weighted by Crippen LogP contribution is 2.39. The van der Waals surface area contributed by atoms with Crippen molar-refractivity contribution in [2.45, 2.75) is 37.0 Å². The van der Waals surface area contributed by atoms with Crippen molar-refractivity contribution in [3.05, 3.63) is 28.8 Å². The van der Waals surface area contributed by atoms with Crippen LogP contribution in [0, 0.1) is 0 Å². The van der Waals surface area contributed by atoms with Crippen LogP contribution >= 0.6 is 11.3 Å². The molecule has 0 unspecified atom stereocenters. The molecule has 152 valence electrons. The number of amides is 1. The molecule has 28 heavy (non-hydrogen) atoms. The van der Waals surface area contributed by atoms with Crippen molar-refractivity contribution < 1.29 is 17.9 Å². The van der Waals surface area contributed by atoms with Crippen LogP contribution in [-0.2, 0) is 14.8 Å². The number of ether oxygens (including phenoxy) is 1. The molecule has 1 saturated carbocycles. The van der Waals surface area contributed by atoms with Crippen LogP contribution in [0.15, 0.2) is 18.3 Å². The summed E-state index contributed by atoms with van der Waals surface area (Å²) in [6.45, 7) is 0.934. The first-order chi connectivity index (χ1) is 13.4. The molecule has 0 spiro atoms. The number of hydrogen-bond acceptors (Lipinski definition) is 6. The van der Waals surface area contributed by atoms with Crippen molar-refractivity contribution in [1.29, 1.82) is 0 Å². The summed E-state index contributed by atoms with van der Waals surface area (Å²) in [4.78, 5) is 20.0. The van der Waals surface area contributed by atoms with Gasteiger partial charge >= 0.3 is 0 Å². The first-order valence-electron chi connectivity index (χ1n) is 9.59. The highest BCUT2D eigenvalue weighted by molar-refractivity contribution is 7.89. The number of sulfonamides is 1. The van der Waals surface area contributed by atoms with Gasteiger partial charge in [-0.25, -0.2) is 13.4 Å².